The van der Waals surface area contributed by atoms with E-state index in [1.165, 1.54) is 18.2 Å². The third-order valence-electron chi connectivity index (χ3n) is 3.54. The molecule has 0 radical (unpaired) electrons. The summed E-state index contributed by atoms with van der Waals surface area (Å²) in [5.41, 5.74) is 0.957. The highest BCUT2D eigenvalue weighted by molar-refractivity contribution is 7.80. The summed E-state index contributed by atoms with van der Waals surface area (Å²) in [5.74, 6) is -0.805. The molecule has 28 heavy (non-hydrogen) atoms. The van der Waals surface area contributed by atoms with Crippen LogP contribution in [0.5, 0.6) is 0 Å². The second kappa shape index (κ2) is 10.1. The van der Waals surface area contributed by atoms with Crippen LogP contribution in [0.2, 0.25) is 0 Å². The monoisotopic (exact) mass is 402 g/mol. The van der Waals surface area contributed by atoms with Crippen molar-refractivity contribution in [3.8, 4) is 0 Å². The molecule has 0 aliphatic rings. The van der Waals surface area contributed by atoms with Gasteiger partial charge in [-0.1, -0.05) is 6.07 Å². The molecule has 0 aliphatic heterocycles. The Bertz CT molecular complexity index is 886. The normalized spacial score (nSPS) is 10.0. The number of nitrogens with zero attached hydrogens (tertiary/aromatic N) is 1. The van der Waals surface area contributed by atoms with Crippen molar-refractivity contribution in [2.24, 2.45) is 0 Å². The summed E-state index contributed by atoms with van der Waals surface area (Å²) < 4.78 is 4.87. The summed E-state index contributed by atoms with van der Waals surface area (Å²) in [6, 6.07) is 11.8. The van der Waals surface area contributed by atoms with E-state index in [4.69, 9.17) is 17.0 Å². The smallest absolute Gasteiger partial charge is 0.270 e. The Morgan fingerprint density at radius 2 is 1.82 bits per heavy atom. The van der Waals surface area contributed by atoms with Gasteiger partial charge in [0, 0.05) is 42.6 Å². The number of nitrogens with one attached hydrogen (secondary N) is 3. The number of nitro groups is 1. The maximum Gasteiger partial charge on any atom is 0.270 e. The van der Waals surface area contributed by atoms with Crippen LogP contribution < -0.4 is 16.0 Å². The van der Waals surface area contributed by atoms with Crippen LogP contribution in [0.3, 0.4) is 0 Å². The lowest BCUT2D eigenvalue weighted by Gasteiger charge is -2.10. The van der Waals surface area contributed by atoms with E-state index in [1.54, 1.807) is 31.4 Å². The number of anilines is 1. The molecule has 2 aromatic rings. The van der Waals surface area contributed by atoms with E-state index in [2.05, 4.69) is 16.0 Å². The lowest BCUT2D eigenvalue weighted by molar-refractivity contribution is -0.384. The summed E-state index contributed by atoms with van der Waals surface area (Å²) in [6.07, 6.45) is 0. The number of nitro benzene ring substituents is 1. The first-order chi connectivity index (χ1) is 13.4. The topological polar surface area (TPSA) is 123 Å². The molecule has 2 amide bonds. The van der Waals surface area contributed by atoms with E-state index in [-0.39, 0.29) is 22.3 Å². The van der Waals surface area contributed by atoms with Gasteiger partial charge in [-0.15, -0.1) is 0 Å². The number of carbonyl (C=O) groups excluding carboxylic acids is 2. The fourth-order valence-electron chi connectivity index (χ4n) is 2.17. The number of hydrogen-bond donors (Lipinski definition) is 3. The number of rotatable bonds is 7. The third-order valence-corrected chi connectivity index (χ3v) is 3.75. The summed E-state index contributed by atoms with van der Waals surface area (Å²) in [4.78, 5) is 34.3. The molecule has 0 bridgehead atoms. The van der Waals surface area contributed by atoms with E-state index < -0.39 is 10.8 Å². The van der Waals surface area contributed by atoms with Gasteiger partial charge < -0.3 is 15.4 Å². The first kappa shape index (κ1) is 20.9. The van der Waals surface area contributed by atoms with Crippen LogP contribution in [0.15, 0.2) is 48.5 Å². The van der Waals surface area contributed by atoms with Gasteiger partial charge in [-0.25, -0.2) is 0 Å². The average molecular weight is 402 g/mol. The van der Waals surface area contributed by atoms with Crippen LogP contribution >= 0.6 is 12.2 Å². The summed E-state index contributed by atoms with van der Waals surface area (Å²) in [6.45, 7) is 0.826. The minimum atomic E-state index is -0.583. The molecule has 2 aromatic carbocycles. The standard InChI is InChI=1S/C18H18N4O5S/c1-27-10-9-19-16(23)12-5-7-14(8-6-12)20-18(28)21-17(24)13-3-2-4-15(11-13)22(25)26/h2-8,11H,9-10H2,1H3,(H,19,23)(H2,20,21,24,28). The van der Waals surface area contributed by atoms with Crippen molar-refractivity contribution in [3.63, 3.8) is 0 Å². The summed E-state index contributed by atoms with van der Waals surface area (Å²) in [7, 11) is 1.55. The number of amides is 2. The molecule has 0 saturated heterocycles. The van der Waals surface area contributed by atoms with E-state index in [1.807, 2.05) is 0 Å². The number of ether oxygens (including phenoxy) is 1. The summed E-state index contributed by atoms with van der Waals surface area (Å²) >= 11 is 5.08. The van der Waals surface area contributed by atoms with Crippen molar-refractivity contribution in [1.29, 1.82) is 0 Å². The fourth-order valence-corrected chi connectivity index (χ4v) is 2.38. The fraction of sp³-hybridized carbons (Fsp3) is 0.167. The Morgan fingerprint density at radius 3 is 2.46 bits per heavy atom. The molecule has 9 nitrogen and oxygen atoms in total. The average Bonchev–Trinajstić information content (AvgIpc) is 2.68. The Labute approximate surface area is 166 Å². The van der Waals surface area contributed by atoms with Crippen molar-refractivity contribution in [1.82, 2.24) is 10.6 Å². The van der Waals surface area contributed by atoms with Gasteiger partial charge in [0.1, 0.15) is 0 Å². The van der Waals surface area contributed by atoms with E-state index in [0.717, 1.165) is 6.07 Å². The molecule has 0 spiro atoms. The molecule has 0 heterocycles. The van der Waals surface area contributed by atoms with Crippen molar-refractivity contribution >= 4 is 40.5 Å². The second-order valence-corrected chi connectivity index (χ2v) is 5.95. The minimum Gasteiger partial charge on any atom is -0.383 e. The second-order valence-electron chi connectivity index (χ2n) is 5.54. The van der Waals surface area contributed by atoms with Gasteiger partial charge in [-0.2, -0.15) is 0 Å². The van der Waals surface area contributed by atoms with Gasteiger partial charge >= 0.3 is 0 Å². The minimum absolute atomic E-state index is 0.0220. The zero-order valence-corrected chi connectivity index (χ0v) is 15.7. The largest absolute Gasteiger partial charge is 0.383 e. The summed E-state index contributed by atoms with van der Waals surface area (Å²) in [5, 5.41) is 18.8. The molecule has 3 N–H and O–H groups in total. The molecule has 0 saturated carbocycles. The maximum atomic E-state index is 12.2. The highest BCUT2D eigenvalue weighted by Crippen LogP contribution is 2.13. The van der Waals surface area contributed by atoms with Gasteiger partial charge in [0.2, 0.25) is 0 Å². The Balaban J connectivity index is 1.92. The molecule has 2 rings (SSSR count). The zero-order valence-electron chi connectivity index (χ0n) is 14.9. The molecule has 10 heteroatoms. The predicted octanol–water partition coefficient (Wildman–Crippen LogP) is 2.10. The zero-order chi connectivity index (χ0) is 20.5. The number of benzene rings is 2. The Morgan fingerprint density at radius 1 is 1.11 bits per heavy atom. The van der Waals surface area contributed by atoms with Gasteiger partial charge in [0.05, 0.1) is 11.5 Å². The Kier molecular flexibility index (Phi) is 7.55. The predicted molar refractivity (Wildman–Crippen MR) is 107 cm³/mol. The lowest BCUT2D eigenvalue weighted by Crippen LogP contribution is -2.34. The van der Waals surface area contributed by atoms with E-state index >= 15 is 0 Å². The first-order valence-electron chi connectivity index (χ1n) is 8.14. The van der Waals surface area contributed by atoms with Gasteiger partial charge in [0.15, 0.2) is 5.11 Å². The number of hydrogen-bond acceptors (Lipinski definition) is 6. The van der Waals surface area contributed by atoms with Gasteiger partial charge in [0.25, 0.3) is 17.5 Å². The van der Waals surface area contributed by atoms with Gasteiger partial charge in [-0.3, -0.25) is 25.0 Å². The van der Waals surface area contributed by atoms with Crippen LogP contribution in [0.4, 0.5) is 11.4 Å². The molecule has 0 fully saturated rings. The number of methoxy groups -OCH3 is 1. The third kappa shape index (κ3) is 6.11. The van der Waals surface area contributed by atoms with Gasteiger partial charge in [-0.05, 0) is 42.5 Å². The van der Waals surface area contributed by atoms with Crippen LogP contribution in [-0.4, -0.2) is 42.1 Å². The van der Waals surface area contributed by atoms with Crippen LogP contribution in [-0.2, 0) is 4.74 Å². The SMILES string of the molecule is COCCNC(=O)c1ccc(NC(=S)NC(=O)c2cccc([N+](=O)[O-])c2)cc1. The molecule has 0 unspecified atom stereocenters. The van der Waals surface area contributed by atoms with E-state index in [9.17, 15) is 19.7 Å². The number of non-ortho nitro benzene ring substituents is 1. The van der Waals surface area contributed by atoms with Crippen LogP contribution in [0.25, 0.3) is 0 Å². The molecule has 146 valence electrons. The molecular formula is C18H18N4O5S. The van der Waals surface area contributed by atoms with Crippen molar-refractivity contribution in [2.45, 2.75) is 0 Å². The molecule has 0 atom stereocenters. The highest BCUT2D eigenvalue weighted by atomic mass is 32.1. The first-order valence-corrected chi connectivity index (χ1v) is 8.55. The number of thiocarbonyl (C=S) groups is 1. The van der Waals surface area contributed by atoms with E-state index in [0.29, 0.717) is 24.4 Å². The van der Waals surface area contributed by atoms with Crippen LogP contribution in [0.1, 0.15) is 20.7 Å². The molecule has 0 aromatic heterocycles. The lowest BCUT2D eigenvalue weighted by atomic mass is 10.2. The van der Waals surface area contributed by atoms with Crippen molar-refractivity contribution < 1.29 is 19.2 Å². The quantitative estimate of drug-likeness (QED) is 0.280. The maximum absolute atomic E-state index is 12.2. The highest BCUT2D eigenvalue weighted by Gasteiger charge is 2.13. The Hall–Kier alpha value is -3.37. The molecule has 0 aliphatic carbocycles. The van der Waals surface area contributed by atoms with Crippen LogP contribution in [0, 0.1) is 10.1 Å². The van der Waals surface area contributed by atoms with Crippen molar-refractivity contribution in [3.05, 3.63) is 69.8 Å². The number of carbonyl (C=O) groups is 2. The molecular weight excluding hydrogens is 384 g/mol. The van der Waals surface area contributed by atoms with Crippen molar-refractivity contribution in [2.75, 3.05) is 25.6 Å².